The molecule has 0 aliphatic carbocycles. The highest BCUT2D eigenvalue weighted by atomic mass is 32.2. The number of carbonyl (C=O) groups excluding carboxylic acids is 1. The second-order valence-corrected chi connectivity index (χ2v) is 8.69. The molecule has 0 spiro atoms. The van der Waals surface area contributed by atoms with Crippen LogP contribution in [0.25, 0.3) is 10.9 Å². The molecular weight excluding hydrogens is 393 g/mol. The SMILES string of the molecule is CCCCNS(=O)(=O)c1cccc(NC(=O)Cc2c(C)[nH]c3ccc(F)cc23)c1. The number of hydrogen-bond donors (Lipinski definition) is 3. The molecule has 3 rings (SSSR count). The number of halogens is 1. The van der Waals surface area contributed by atoms with Crippen LogP contribution in [0.5, 0.6) is 0 Å². The lowest BCUT2D eigenvalue weighted by atomic mass is 10.1. The van der Waals surface area contributed by atoms with E-state index in [0.717, 1.165) is 24.1 Å². The minimum absolute atomic E-state index is 0.0427. The van der Waals surface area contributed by atoms with E-state index in [1.807, 2.05) is 13.8 Å². The van der Waals surface area contributed by atoms with Crippen molar-refractivity contribution in [2.75, 3.05) is 11.9 Å². The third kappa shape index (κ3) is 5.02. The zero-order valence-electron chi connectivity index (χ0n) is 16.4. The minimum atomic E-state index is -3.63. The normalized spacial score (nSPS) is 11.7. The zero-order valence-corrected chi connectivity index (χ0v) is 17.2. The molecule has 0 aliphatic rings. The first-order valence-electron chi connectivity index (χ1n) is 9.46. The van der Waals surface area contributed by atoms with E-state index >= 15 is 0 Å². The summed E-state index contributed by atoms with van der Waals surface area (Å²) < 4.78 is 40.9. The van der Waals surface area contributed by atoms with Crippen LogP contribution in [0.2, 0.25) is 0 Å². The van der Waals surface area contributed by atoms with Gasteiger partial charge in [-0.1, -0.05) is 19.4 Å². The van der Waals surface area contributed by atoms with E-state index in [1.165, 1.54) is 24.3 Å². The summed E-state index contributed by atoms with van der Waals surface area (Å²) in [5.41, 5.74) is 2.65. The fourth-order valence-corrected chi connectivity index (χ4v) is 4.28. The number of benzene rings is 2. The molecule has 3 aromatic rings. The van der Waals surface area contributed by atoms with Crippen LogP contribution >= 0.6 is 0 Å². The number of amides is 1. The van der Waals surface area contributed by atoms with E-state index in [9.17, 15) is 17.6 Å². The number of nitrogens with one attached hydrogen (secondary N) is 3. The third-order valence-electron chi connectivity index (χ3n) is 4.67. The van der Waals surface area contributed by atoms with Crippen molar-refractivity contribution in [3.63, 3.8) is 0 Å². The molecule has 1 amide bonds. The molecule has 0 bridgehead atoms. The Morgan fingerprint density at radius 1 is 1.17 bits per heavy atom. The van der Waals surface area contributed by atoms with Crippen LogP contribution < -0.4 is 10.0 Å². The molecule has 1 aromatic heterocycles. The van der Waals surface area contributed by atoms with Gasteiger partial charge in [0, 0.05) is 28.8 Å². The largest absolute Gasteiger partial charge is 0.358 e. The van der Waals surface area contributed by atoms with Crippen LogP contribution in [0.1, 0.15) is 31.0 Å². The topological polar surface area (TPSA) is 91.1 Å². The lowest BCUT2D eigenvalue weighted by Crippen LogP contribution is -2.25. The highest BCUT2D eigenvalue weighted by molar-refractivity contribution is 7.89. The summed E-state index contributed by atoms with van der Waals surface area (Å²) in [4.78, 5) is 15.8. The minimum Gasteiger partial charge on any atom is -0.358 e. The Balaban J connectivity index is 1.75. The van der Waals surface area contributed by atoms with Crippen LogP contribution in [-0.4, -0.2) is 25.9 Å². The van der Waals surface area contributed by atoms with Crippen molar-refractivity contribution in [2.24, 2.45) is 0 Å². The smallest absolute Gasteiger partial charge is 0.240 e. The van der Waals surface area contributed by atoms with Crippen molar-refractivity contribution in [3.05, 3.63) is 59.5 Å². The van der Waals surface area contributed by atoms with Gasteiger partial charge in [0.15, 0.2) is 0 Å². The Labute approximate surface area is 169 Å². The van der Waals surface area contributed by atoms with Crippen molar-refractivity contribution in [1.82, 2.24) is 9.71 Å². The van der Waals surface area contributed by atoms with Crippen molar-refractivity contribution in [2.45, 2.75) is 38.0 Å². The molecule has 8 heteroatoms. The highest BCUT2D eigenvalue weighted by Gasteiger charge is 2.16. The van der Waals surface area contributed by atoms with Gasteiger partial charge >= 0.3 is 0 Å². The number of hydrogen-bond acceptors (Lipinski definition) is 3. The number of rotatable bonds is 8. The van der Waals surface area contributed by atoms with Gasteiger partial charge in [-0.3, -0.25) is 4.79 Å². The third-order valence-corrected chi connectivity index (χ3v) is 6.13. The lowest BCUT2D eigenvalue weighted by molar-refractivity contribution is -0.115. The van der Waals surface area contributed by atoms with Gasteiger partial charge in [-0.25, -0.2) is 17.5 Å². The molecule has 0 aliphatic heterocycles. The predicted octanol–water partition coefficient (Wildman–Crippen LogP) is 3.88. The standard InChI is InChI=1S/C21H24FN3O3S/c1-3-4-10-23-29(27,28)17-7-5-6-16(12-17)25-21(26)13-18-14(2)24-20-9-8-15(22)11-19(18)20/h5-9,11-12,23-24H,3-4,10,13H2,1-2H3,(H,25,26). The monoisotopic (exact) mass is 417 g/mol. The molecule has 0 saturated carbocycles. The summed E-state index contributed by atoms with van der Waals surface area (Å²) >= 11 is 0. The molecule has 1 heterocycles. The first kappa shape index (κ1) is 21.0. The van der Waals surface area contributed by atoms with E-state index in [1.54, 1.807) is 18.2 Å². The summed E-state index contributed by atoms with van der Waals surface area (Å²) in [5.74, 6) is -0.682. The second kappa shape index (κ2) is 8.75. The summed E-state index contributed by atoms with van der Waals surface area (Å²) in [6, 6.07) is 10.5. The molecule has 0 unspecified atom stereocenters. The average Bonchev–Trinajstić information content (AvgIpc) is 2.97. The van der Waals surface area contributed by atoms with Gasteiger partial charge in [-0.15, -0.1) is 0 Å². The summed E-state index contributed by atoms with van der Waals surface area (Å²) in [5, 5.41) is 3.39. The highest BCUT2D eigenvalue weighted by Crippen LogP contribution is 2.24. The first-order chi connectivity index (χ1) is 13.8. The van der Waals surface area contributed by atoms with E-state index < -0.39 is 10.0 Å². The maximum Gasteiger partial charge on any atom is 0.240 e. The number of carbonyl (C=O) groups is 1. The van der Waals surface area contributed by atoms with Crippen LogP contribution in [0.3, 0.4) is 0 Å². The van der Waals surface area contributed by atoms with Crippen LogP contribution in [-0.2, 0) is 21.2 Å². The van der Waals surface area contributed by atoms with Crippen molar-refractivity contribution in [3.8, 4) is 0 Å². The van der Waals surface area contributed by atoms with Gasteiger partial charge in [0.2, 0.25) is 15.9 Å². The molecule has 0 radical (unpaired) electrons. The van der Waals surface area contributed by atoms with E-state index in [2.05, 4.69) is 15.0 Å². The molecular formula is C21H24FN3O3S. The van der Waals surface area contributed by atoms with E-state index in [-0.39, 0.29) is 23.0 Å². The van der Waals surface area contributed by atoms with Gasteiger partial charge in [0.1, 0.15) is 5.82 Å². The Morgan fingerprint density at radius 2 is 1.97 bits per heavy atom. The summed E-state index contributed by atoms with van der Waals surface area (Å²) in [6.45, 7) is 4.18. The lowest BCUT2D eigenvalue weighted by Gasteiger charge is -2.09. The number of anilines is 1. The van der Waals surface area contributed by atoms with Gasteiger partial charge in [0.05, 0.1) is 11.3 Å². The average molecular weight is 418 g/mol. The van der Waals surface area contributed by atoms with Crippen LogP contribution in [0, 0.1) is 12.7 Å². The van der Waals surface area contributed by atoms with Crippen LogP contribution in [0.15, 0.2) is 47.4 Å². The van der Waals surface area contributed by atoms with Gasteiger partial charge < -0.3 is 10.3 Å². The van der Waals surface area contributed by atoms with Crippen molar-refractivity contribution < 1.29 is 17.6 Å². The maximum atomic E-state index is 13.6. The van der Waals surface area contributed by atoms with E-state index in [0.29, 0.717) is 23.2 Å². The number of fused-ring (bicyclic) bond motifs is 1. The maximum absolute atomic E-state index is 13.6. The van der Waals surface area contributed by atoms with E-state index in [4.69, 9.17) is 0 Å². The predicted molar refractivity (Wildman–Crippen MR) is 112 cm³/mol. The number of H-pyrrole nitrogens is 1. The molecule has 0 atom stereocenters. The molecule has 154 valence electrons. The Morgan fingerprint density at radius 3 is 2.72 bits per heavy atom. The second-order valence-electron chi connectivity index (χ2n) is 6.92. The Hall–Kier alpha value is -2.71. The fourth-order valence-electron chi connectivity index (χ4n) is 3.16. The number of unbranched alkanes of at least 4 members (excludes halogenated alkanes) is 1. The number of aromatic nitrogens is 1. The molecule has 6 nitrogen and oxygen atoms in total. The Kier molecular flexibility index (Phi) is 6.34. The van der Waals surface area contributed by atoms with Crippen LogP contribution in [0.4, 0.5) is 10.1 Å². The Bertz CT molecular complexity index is 1140. The molecule has 2 aromatic carbocycles. The van der Waals surface area contributed by atoms with Gasteiger partial charge in [-0.05, 0) is 55.3 Å². The molecule has 3 N–H and O–H groups in total. The zero-order chi connectivity index (χ0) is 21.0. The number of aromatic amines is 1. The summed E-state index contributed by atoms with van der Waals surface area (Å²) in [7, 11) is -3.63. The van der Waals surface area contributed by atoms with Gasteiger partial charge in [0.25, 0.3) is 0 Å². The molecule has 0 fully saturated rings. The number of aryl methyl sites for hydroxylation is 1. The first-order valence-corrected chi connectivity index (χ1v) is 10.9. The molecule has 0 saturated heterocycles. The summed E-state index contributed by atoms with van der Waals surface area (Å²) in [6.07, 6.45) is 1.68. The van der Waals surface area contributed by atoms with Gasteiger partial charge in [-0.2, -0.15) is 0 Å². The quantitative estimate of drug-likeness (QED) is 0.486. The number of sulfonamides is 1. The molecule has 29 heavy (non-hydrogen) atoms. The fraction of sp³-hybridized carbons (Fsp3) is 0.286. The van der Waals surface area contributed by atoms with Crippen molar-refractivity contribution >= 4 is 32.5 Å². The van der Waals surface area contributed by atoms with Crippen molar-refractivity contribution in [1.29, 1.82) is 0 Å².